The molecule has 1 aliphatic heterocycles. The molecule has 0 radical (unpaired) electrons. The quantitative estimate of drug-likeness (QED) is 0.800. The number of hydrogen-bond acceptors (Lipinski definition) is 3. The monoisotopic (exact) mass is 268 g/mol. The number of carbonyl (C=O) groups excluding carboxylic acids is 1. The summed E-state index contributed by atoms with van der Waals surface area (Å²) in [4.78, 5) is 11.3. The van der Waals surface area contributed by atoms with Gasteiger partial charge in [0.2, 0.25) is 0 Å². The van der Waals surface area contributed by atoms with Gasteiger partial charge in [-0.1, -0.05) is 36.4 Å². The lowest BCUT2D eigenvalue weighted by Gasteiger charge is -2.19. The first-order chi connectivity index (χ1) is 9.86. The van der Waals surface area contributed by atoms with Gasteiger partial charge in [0.15, 0.2) is 11.5 Å². The van der Waals surface area contributed by atoms with Gasteiger partial charge in [-0.05, 0) is 29.7 Å². The van der Waals surface area contributed by atoms with Gasteiger partial charge in [-0.25, -0.2) is 0 Å². The van der Waals surface area contributed by atoms with Gasteiger partial charge in [-0.3, -0.25) is 0 Å². The summed E-state index contributed by atoms with van der Waals surface area (Å²) in [6.45, 7) is 1.17. The summed E-state index contributed by atoms with van der Waals surface area (Å²) in [5.74, 6) is 1.42. The average molecular weight is 268 g/mol. The van der Waals surface area contributed by atoms with Crippen LogP contribution >= 0.6 is 0 Å². The predicted molar refractivity (Wildman–Crippen MR) is 76.4 cm³/mol. The van der Waals surface area contributed by atoms with Crippen LogP contribution in [0.5, 0.6) is 11.5 Å². The van der Waals surface area contributed by atoms with Gasteiger partial charge in [0.1, 0.15) is 19.5 Å². The molecule has 0 bridgehead atoms. The van der Waals surface area contributed by atoms with E-state index in [0.717, 1.165) is 28.9 Å². The summed E-state index contributed by atoms with van der Waals surface area (Å²) < 4.78 is 11.1. The molecule has 0 spiro atoms. The summed E-state index contributed by atoms with van der Waals surface area (Å²) in [7, 11) is 0. The average Bonchev–Trinajstić information content (AvgIpc) is 2.53. The van der Waals surface area contributed by atoms with Gasteiger partial charge in [0.05, 0.1) is 0 Å². The fourth-order valence-electron chi connectivity index (χ4n) is 2.41. The Bertz CT molecular complexity index is 592. The SMILES string of the molecule is O=CC(Cc1ccc2c(c1)OCCO2)c1ccccc1. The molecular weight excluding hydrogens is 252 g/mol. The second-order valence-corrected chi connectivity index (χ2v) is 4.84. The lowest BCUT2D eigenvalue weighted by molar-refractivity contribution is -0.109. The molecule has 0 aromatic heterocycles. The summed E-state index contributed by atoms with van der Waals surface area (Å²) in [6.07, 6.45) is 1.68. The van der Waals surface area contributed by atoms with Gasteiger partial charge in [-0.15, -0.1) is 0 Å². The van der Waals surface area contributed by atoms with Crippen molar-refractivity contribution in [3.05, 3.63) is 59.7 Å². The van der Waals surface area contributed by atoms with Crippen molar-refractivity contribution < 1.29 is 14.3 Å². The van der Waals surface area contributed by atoms with Gasteiger partial charge in [-0.2, -0.15) is 0 Å². The van der Waals surface area contributed by atoms with E-state index in [9.17, 15) is 4.79 Å². The van der Waals surface area contributed by atoms with Crippen molar-refractivity contribution in [3.8, 4) is 11.5 Å². The third kappa shape index (κ3) is 2.67. The summed E-state index contributed by atoms with van der Waals surface area (Å²) in [6, 6.07) is 15.7. The Morgan fingerprint density at radius 2 is 1.75 bits per heavy atom. The summed E-state index contributed by atoms with van der Waals surface area (Å²) in [5, 5.41) is 0. The molecule has 2 aromatic rings. The van der Waals surface area contributed by atoms with Crippen LogP contribution in [0.4, 0.5) is 0 Å². The summed E-state index contributed by atoms with van der Waals surface area (Å²) >= 11 is 0. The Kier molecular flexibility index (Phi) is 3.68. The maximum atomic E-state index is 11.3. The molecular formula is C17H16O3. The molecule has 0 saturated carbocycles. The minimum atomic E-state index is -0.126. The number of rotatable bonds is 4. The Morgan fingerprint density at radius 1 is 1.00 bits per heavy atom. The van der Waals surface area contributed by atoms with E-state index in [2.05, 4.69) is 0 Å². The highest BCUT2D eigenvalue weighted by molar-refractivity contribution is 5.63. The molecule has 1 atom stereocenters. The van der Waals surface area contributed by atoms with Crippen LogP contribution in [0.2, 0.25) is 0 Å². The Hall–Kier alpha value is -2.29. The van der Waals surface area contributed by atoms with Crippen LogP contribution < -0.4 is 9.47 Å². The number of aldehydes is 1. The van der Waals surface area contributed by atoms with Crippen LogP contribution in [0, 0.1) is 0 Å². The number of benzene rings is 2. The molecule has 1 heterocycles. The smallest absolute Gasteiger partial charge is 0.161 e. The highest BCUT2D eigenvalue weighted by Crippen LogP contribution is 2.32. The fourth-order valence-corrected chi connectivity index (χ4v) is 2.41. The second kappa shape index (κ2) is 5.78. The zero-order valence-electron chi connectivity index (χ0n) is 11.1. The first-order valence-electron chi connectivity index (χ1n) is 6.75. The third-order valence-corrected chi connectivity index (χ3v) is 3.45. The van der Waals surface area contributed by atoms with Crippen molar-refractivity contribution in [1.29, 1.82) is 0 Å². The largest absolute Gasteiger partial charge is 0.486 e. The van der Waals surface area contributed by atoms with Crippen molar-refractivity contribution in [3.63, 3.8) is 0 Å². The topological polar surface area (TPSA) is 35.5 Å². The molecule has 1 unspecified atom stereocenters. The molecule has 0 amide bonds. The standard InChI is InChI=1S/C17H16O3/c18-12-15(14-4-2-1-3-5-14)10-13-6-7-16-17(11-13)20-9-8-19-16/h1-7,11-12,15H,8-10H2. The van der Waals surface area contributed by atoms with Crippen molar-refractivity contribution in [2.24, 2.45) is 0 Å². The van der Waals surface area contributed by atoms with Crippen molar-refractivity contribution in [1.82, 2.24) is 0 Å². The van der Waals surface area contributed by atoms with E-state index in [1.54, 1.807) is 0 Å². The predicted octanol–water partition coefficient (Wildman–Crippen LogP) is 2.98. The number of fused-ring (bicyclic) bond motifs is 1. The zero-order valence-corrected chi connectivity index (χ0v) is 11.1. The molecule has 3 heteroatoms. The fraction of sp³-hybridized carbons (Fsp3) is 0.235. The van der Waals surface area contributed by atoms with Gasteiger partial charge in [0.25, 0.3) is 0 Å². The van der Waals surface area contributed by atoms with E-state index >= 15 is 0 Å². The van der Waals surface area contributed by atoms with E-state index in [0.29, 0.717) is 19.6 Å². The normalized spacial score (nSPS) is 14.6. The van der Waals surface area contributed by atoms with E-state index in [-0.39, 0.29) is 5.92 Å². The van der Waals surface area contributed by atoms with Crippen LogP contribution in [0.25, 0.3) is 0 Å². The Balaban J connectivity index is 1.81. The third-order valence-electron chi connectivity index (χ3n) is 3.45. The first-order valence-corrected chi connectivity index (χ1v) is 6.75. The Labute approximate surface area is 118 Å². The first kappa shape index (κ1) is 12.7. The highest BCUT2D eigenvalue weighted by Gasteiger charge is 2.15. The van der Waals surface area contributed by atoms with Crippen LogP contribution in [-0.4, -0.2) is 19.5 Å². The molecule has 3 rings (SSSR count). The lowest BCUT2D eigenvalue weighted by atomic mass is 9.93. The number of hydrogen-bond donors (Lipinski definition) is 0. The molecule has 0 aliphatic carbocycles. The zero-order chi connectivity index (χ0) is 13.8. The van der Waals surface area contributed by atoms with Crippen LogP contribution in [0.3, 0.4) is 0 Å². The minimum Gasteiger partial charge on any atom is -0.486 e. The second-order valence-electron chi connectivity index (χ2n) is 4.84. The minimum absolute atomic E-state index is 0.126. The van der Waals surface area contributed by atoms with Crippen molar-refractivity contribution in [2.45, 2.75) is 12.3 Å². The Morgan fingerprint density at radius 3 is 2.50 bits per heavy atom. The molecule has 1 aliphatic rings. The van der Waals surface area contributed by atoms with E-state index in [1.807, 2.05) is 48.5 Å². The van der Waals surface area contributed by atoms with Crippen molar-refractivity contribution in [2.75, 3.05) is 13.2 Å². The van der Waals surface area contributed by atoms with E-state index in [1.165, 1.54) is 0 Å². The summed E-state index contributed by atoms with van der Waals surface area (Å²) in [5.41, 5.74) is 2.12. The maximum absolute atomic E-state index is 11.3. The van der Waals surface area contributed by atoms with E-state index in [4.69, 9.17) is 9.47 Å². The number of ether oxygens (including phenoxy) is 2. The number of carbonyl (C=O) groups is 1. The van der Waals surface area contributed by atoms with Gasteiger partial charge in [0, 0.05) is 5.92 Å². The molecule has 3 nitrogen and oxygen atoms in total. The van der Waals surface area contributed by atoms with Gasteiger partial charge >= 0.3 is 0 Å². The maximum Gasteiger partial charge on any atom is 0.161 e. The molecule has 20 heavy (non-hydrogen) atoms. The molecule has 2 aromatic carbocycles. The van der Waals surface area contributed by atoms with E-state index < -0.39 is 0 Å². The molecule has 0 fully saturated rings. The van der Waals surface area contributed by atoms with Crippen LogP contribution in [0.15, 0.2) is 48.5 Å². The molecule has 0 N–H and O–H groups in total. The van der Waals surface area contributed by atoms with Gasteiger partial charge < -0.3 is 14.3 Å². The van der Waals surface area contributed by atoms with Crippen molar-refractivity contribution >= 4 is 6.29 Å². The lowest BCUT2D eigenvalue weighted by Crippen LogP contribution is -2.15. The highest BCUT2D eigenvalue weighted by atomic mass is 16.6. The molecule has 102 valence electrons. The molecule has 0 saturated heterocycles. The van der Waals surface area contributed by atoms with Crippen LogP contribution in [-0.2, 0) is 11.2 Å². The van der Waals surface area contributed by atoms with Crippen LogP contribution in [0.1, 0.15) is 17.0 Å².